The summed E-state index contributed by atoms with van der Waals surface area (Å²) in [4.78, 5) is 16.3. The van der Waals surface area contributed by atoms with E-state index in [9.17, 15) is 9.90 Å². The SMILES string of the molecule is CC(C)(C)N(C(=O)O)c1ccc(N=C=S)cc1. The number of isothiocyanates is 1. The molecule has 4 nitrogen and oxygen atoms in total. The molecule has 0 aliphatic rings. The van der Waals surface area contributed by atoms with Crippen molar-refractivity contribution in [3.63, 3.8) is 0 Å². The smallest absolute Gasteiger partial charge is 0.412 e. The number of aliphatic imine (C=N–C) groups is 1. The maximum Gasteiger partial charge on any atom is 0.412 e. The van der Waals surface area contributed by atoms with Crippen molar-refractivity contribution in [2.24, 2.45) is 4.99 Å². The van der Waals surface area contributed by atoms with E-state index in [1.807, 2.05) is 20.8 Å². The van der Waals surface area contributed by atoms with Gasteiger partial charge >= 0.3 is 6.09 Å². The molecule has 1 aromatic carbocycles. The average molecular weight is 250 g/mol. The summed E-state index contributed by atoms with van der Waals surface area (Å²) in [5.74, 6) is 0. The maximum atomic E-state index is 11.2. The minimum Gasteiger partial charge on any atom is -0.465 e. The van der Waals surface area contributed by atoms with Gasteiger partial charge in [0.05, 0.1) is 10.8 Å². The molecular formula is C12H14N2O2S. The molecule has 0 bridgehead atoms. The Morgan fingerprint density at radius 1 is 1.35 bits per heavy atom. The molecule has 0 aliphatic carbocycles. The first-order valence-electron chi connectivity index (χ1n) is 5.07. The van der Waals surface area contributed by atoms with Crippen LogP contribution in [-0.2, 0) is 0 Å². The molecule has 0 aromatic heterocycles. The van der Waals surface area contributed by atoms with Gasteiger partial charge in [-0.2, -0.15) is 4.99 Å². The highest BCUT2D eigenvalue weighted by Crippen LogP contribution is 2.26. The van der Waals surface area contributed by atoms with Crippen LogP contribution in [0.5, 0.6) is 0 Å². The summed E-state index contributed by atoms with van der Waals surface area (Å²) in [6.45, 7) is 5.51. The van der Waals surface area contributed by atoms with Gasteiger partial charge in [0.2, 0.25) is 0 Å². The number of anilines is 1. The van der Waals surface area contributed by atoms with Crippen molar-refractivity contribution in [1.82, 2.24) is 0 Å². The Bertz CT molecular complexity index is 456. The van der Waals surface area contributed by atoms with Crippen LogP contribution in [0.15, 0.2) is 29.3 Å². The van der Waals surface area contributed by atoms with Gasteiger partial charge in [0, 0.05) is 11.2 Å². The van der Waals surface area contributed by atoms with Gasteiger partial charge < -0.3 is 5.11 Å². The summed E-state index contributed by atoms with van der Waals surface area (Å²) in [7, 11) is 0. The molecule has 0 saturated heterocycles. The molecule has 17 heavy (non-hydrogen) atoms. The number of nitrogens with zero attached hydrogens (tertiary/aromatic N) is 2. The molecule has 0 heterocycles. The monoisotopic (exact) mass is 250 g/mol. The zero-order valence-electron chi connectivity index (χ0n) is 9.97. The second-order valence-corrected chi connectivity index (χ2v) is 4.69. The molecule has 1 aromatic rings. The predicted octanol–water partition coefficient (Wildman–Crippen LogP) is 3.70. The van der Waals surface area contributed by atoms with E-state index in [4.69, 9.17) is 0 Å². The lowest BCUT2D eigenvalue weighted by molar-refractivity contribution is 0.195. The molecule has 1 N–H and O–H groups in total. The minimum atomic E-state index is -0.983. The molecule has 0 spiro atoms. The van der Waals surface area contributed by atoms with Crippen LogP contribution in [0.2, 0.25) is 0 Å². The number of hydrogen-bond donors (Lipinski definition) is 1. The number of thiocarbonyl (C=S) groups is 1. The molecule has 1 amide bonds. The largest absolute Gasteiger partial charge is 0.465 e. The van der Waals surface area contributed by atoms with Crippen molar-refractivity contribution in [2.45, 2.75) is 26.3 Å². The Kier molecular flexibility index (Phi) is 3.99. The number of carboxylic acid groups (broad SMARTS) is 1. The van der Waals surface area contributed by atoms with Gasteiger partial charge in [0.15, 0.2) is 0 Å². The fourth-order valence-corrected chi connectivity index (χ4v) is 1.62. The highest BCUT2D eigenvalue weighted by Gasteiger charge is 2.27. The number of hydrogen-bond acceptors (Lipinski definition) is 3. The molecular weight excluding hydrogens is 236 g/mol. The van der Waals surface area contributed by atoms with E-state index in [0.717, 1.165) is 0 Å². The van der Waals surface area contributed by atoms with E-state index in [1.165, 1.54) is 4.90 Å². The molecule has 0 fully saturated rings. The normalized spacial score (nSPS) is 10.5. The molecule has 1 rings (SSSR count). The average Bonchev–Trinajstić information content (AvgIpc) is 2.18. The van der Waals surface area contributed by atoms with Gasteiger partial charge in [-0.3, -0.25) is 4.90 Å². The van der Waals surface area contributed by atoms with Crippen LogP contribution in [0, 0.1) is 0 Å². The quantitative estimate of drug-likeness (QED) is 0.643. The fraction of sp³-hybridized carbons (Fsp3) is 0.333. The summed E-state index contributed by atoms with van der Waals surface area (Å²) in [5.41, 5.74) is 0.761. The van der Waals surface area contributed by atoms with E-state index < -0.39 is 11.6 Å². The number of benzene rings is 1. The minimum absolute atomic E-state index is 0.499. The molecule has 5 heteroatoms. The first-order chi connectivity index (χ1) is 7.86. The second kappa shape index (κ2) is 5.08. The molecule has 0 saturated carbocycles. The van der Waals surface area contributed by atoms with Gasteiger partial charge in [-0.15, -0.1) is 0 Å². The van der Waals surface area contributed by atoms with E-state index in [2.05, 4.69) is 22.4 Å². The zero-order valence-corrected chi connectivity index (χ0v) is 10.8. The fourth-order valence-electron chi connectivity index (χ4n) is 1.51. The Morgan fingerprint density at radius 3 is 2.24 bits per heavy atom. The van der Waals surface area contributed by atoms with Crippen molar-refractivity contribution in [2.75, 3.05) is 4.90 Å². The van der Waals surface area contributed by atoms with Crippen LogP contribution < -0.4 is 4.90 Å². The molecule has 90 valence electrons. The topological polar surface area (TPSA) is 52.9 Å². The third-order valence-corrected chi connectivity index (χ3v) is 2.24. The lowest BCUT2D eigenvalue weighted by atomic mass is 10.1. The van der Waals surface area contributed by atoms with Crippen molar-refractivity contribution in [1.29, 1.82) is 0 Å². The van der Waals surface area contributed by atoms with Gasteiger partial charge in [-0.1, -0.05) is 0 Å². The Balaban J connectivity index is 3.13. The van der Waals surface area contributed by atoms with Crippen LogP contribution >= 0.6 is 12.2 Å². The molecule has 0 radical (unpaired) electrons. The standard InChI is InChI=1S/C12H14N2O2S/c1-12(2,3)14(11(15)16)10-6-4-9(5-7-10)13-8-17/h4-7H,1-3H3,(H,15,16). The summed E-state index contributed by atoms with van der Waals surface area (Å²) in [5, 5.41) is 11.5. The Hall–Kier alpha value is -1.71. The van der Waals surface area contributed by atoms with Crippen LogP contribution in [0.25, 0.3) is 0 Å². The van der Waals surface area contributed by atoms with Crippen LogP contribution in [0.4, 0.5) is 16.2 Å². The van der Waals surface area contributed by atoms with Crippen molar-refractivity contribution in [3.8, 4) is 0 Å². The zero-order chi connectivity index (χ0) is 13.1. The first kappa shape index (κ1) is 13.4. The highest BCUT2D eigenvalue weighted by molar-refractivity contribution is 7.78. The van der Waals surface area contributed by atoms with Gasteiger partial charge in [0.1, 0.15) is 0 Å². The molecule has 0 atom stereocenters. The molecule has 0 unspecified atom stereocenters. The number of carbonyl (C=O) groups is 1. The second-order valence-electron chi connectivity index (χ2n) is 4.51. The summed E-state index contributed by atoms with van der Waals surface area (Å²) in [6, 6.07) is 6.81. The highest BCUT2D eigenvalue weighted by atomic mass is 32.1. The Labute approximate surface area is 106 Å². The summed E-state index contributed by atoms with van der Waals surface area (Å²) >= 11 is 4.50. The van der Waals surface area contributed by atoms with E-state index >= 15 is 0 Å². The lowest BCUT2D eigenvalue weighted by Crippen LogP contribution is -2.45. The first-order valence-corrected chi connectivity index (χ1v) is 5.48. The van der Waals surface area contributed by atoms with Crippen molar-refractivity contribution >= 4 is 34.8 Å². The summed E-state index contributed by atoms with van der Waals surface area (Å²) < 4.78 is 0. The van der Waals surface area contributed by atoms with Crippen molar-refractivity contribution < 1.29 is 9.90 Å². The predicted molar refractivity (Wildman–Crippen MR) is 71.4 cm³/mol. The van der Waals surface area contributed by atoms with E-state index in [1.54, 1.807) is 24.3 Å². The number of rotatable bonds is 2. The maximum absolute atomic E-state index is 11.2. The third kappa shape index (κ3) is 3.37. The Morgan fingerprint density at radius 2 is 1.88 bits per heavy atom. The van der Waals surface area contributed by atoms with Crippen LogP contribution in [0.1, 0.15) is 20.8 Å². The van der Waals surface area contributed by atoms with Gasteiger partial charge in [-0.25, -0.2) is 4.79 Å². The number of amides is 1. The summed E-state index contributed by atoms with van der Waals surface area (Å²) in [6.07, 6.45) is -0.983. The van der Waals surface area contributed by atoms with E-state index in [-0.39, 0.29) is 0 Å². The van der Waals surface area contributed by atoms with E-state index in [0.29, 0.717) is 11.4 Å². The van der Waals surface area contributed by atoms with Crippen LogP contribution in [0.3, 0.4) is 0 Å². The van der Waals surface area contributed by atoms with Crippen LogP contribution in [-0.4, -0.2) is 21.9 Å². The van der Waals surface area contributed by atoms with Gasteiger partial charge in [-0.05, 0) is 57.3 Å². The molecule has 0 aliphatic heterocycles. The third-order valence-electron chi connectivity index (χ3n) is 2.14. The van der Waals surface area contributed by atoms with Gasteiger partial charge in [0.25, 0.3) is 0 Å². The lowest BCUT2D eigenvalue weighted by Gasteiger charge is -2.33. The van der Waals surface area contributed by atoms with Crippen molar-refractivity contribution in [3.05, 3.63) is 24.3 Å².